The van der Waals surface area contributed by atoms with Crippen molar-refractivity contribution in [1.82, 2.24) is 20.6 Å². The van der Waals surface area contributed by atoms with Crippen molar-refractivity contribution >= 4 is 27.7 Å². The maximum absolute atomic E-state index is 13.2. The van der Waals surface area contributed by atoms with Gasteiger partial charge in [-0.05, 0) is 90.9 Å². The molecule has 3 aliphatic carbocycles. The highest BCUT2D eigenvalue weighted by Gasteiger charge is 2.55. The standard InChI is InChI=1S/C22H21BrFN5O2/c23-16-2-1-13-25-18(16)27-28-19(30)21-7-10-22(11-8-21,12-9-21)20-26-17(29-31-20)14-3-5-15(24)6-4-14/h1-6,13H,7-12H2,(H,25,27)(H,28,30). The molecule has 6 rings (SSSR count). The molecule has 3 aromatic rings. The molecule has 3 saturated carbocycles. The number of halogens is 2. The van der Waals surface area contributed by atoms with E-state index in [-0.39, 0.29) is 17.1 Å². The van der Waals surface area contributed by atoms with E-state index in [0.29, 0.717) is 17.5 Å². The van der Waals surface area contributed by atoms with Crippen LogP contribution in [0.1, 0.15) is 44.4 Å². The first-order chi connectivity index (χ1) is 15.0. The van der Waals surface area contributed by atoms with Crippen LogP contribution in [0.2, 0.25) is 0 Å². The number of aromatic nitrogens is 3. The molecule has 3 fully saturated rings. The highest BCUT2D eigenvalue weighted by Crippen LogP contribution is 2.57. The minimum Gasteiger partial charge on any atom is -0.338 e. The number of anilines is 1. The normalized spacial score (nSPS) is 24.7. The van der Waals surface area contributed by atoms with Gasteiger partial charge in [-0.2, -0.15) is 4.98 Å². The fourth-order valence-corrected chi connectivity index (χ4v) is 5.08. The summed E-state index contributed by atoms with van der Waals surface area (Å²) < 4.78 is 19.6. The van der Waals surface area contributed by atoms with Crippen molar-refractivity contribution in [3.8, 4) is 11.4 Å². The molecule has 0 aliphatic heterocycles. The summed E-state index contributed by atoms with van der Waals surface area (Å²) in [7, 11) is 0. The van der Waals surface area contributed by atoms with Gasteiger partial charge in [-0.25, -0.2) is 9.37 Å². The van der Waals surface area contributed by atoms with E-state index in [0.717, 1.165) is 48.6 Å². The molecule has 0 radical (unpaired) electrons. The highest BCUT2D eigenvalue weighted by molar-refractivity contribution is 9.10. The maximum Gasteiger partial charge on any atom is 0.244 e. The molecular formula is C22H21BrFN5O2. The number of hydrazine groups is 1. The topological polar surface area (TPSA) is 92.9 Å². The van der Waals surface area contributed by atoms with Gasteiger partial charge < -0.3 is 4.52 Å². The van der Waals surface area contributed by atoms with Gasteiger partial charge in [0.05, 0.1) is 9.89 Å². The Bertz CT molecular complexity index is 1090. The van der Waals surface area contributed by atoms with Gasteiger partial charge in [0, 0.05) is 17.2 Å². The Hall–Kier alpha value is -2.81. The summed E-state index contributed by atoms with van der Waals surface area (Å²) in [5, 5.41) is 4.12. The number of fused-ring (bicyclic) bond motifs is 3. The second-order valence-electron chi connectivity index (χ2n) is 8.40. The van der Waals surface area contributed by atoms with Crippen molar-refractivity contribution in [2.24, 2.45) is 5.41 Å². The van der Waals surface area contributed by atoms with Crippen molar-refractivity contribution in [2.75, 3.05) is 5.43 Å². The van der Waals surface area contributed by atoms with Gasteiger partial charge in [0.1, 0.15) is 5.82 Å². The van der Waals surface area contributed by atoms with Gasteiger partial charge >= 0.3 is 0 Å². The summed E-state index contributed by atoms with van der Waals surface area (Å²) in [6.07, 6.45) is 6.41. The van der Waals surface area contributed by atoms with Crippen LogP contribution in [0.5, 0.6) is 0 Å². The minimum atomic E-state index is -0.393. The number of carbonyl (C=O) groups is 1. The van der Waals surface area contributed by atoms with Crippen LogP contribution < -0.4 is 10.9 Å². The van der Waals surface area contributed by atoms with Crippen LogP contribution in [0.25, 0.3) is 11.4 Å². The molecule has 3 aliphatic rings. The van der Waals surface area contributed by atoms with E-state index in [4.69, 9.17) is 4.52 Å². The third kappa shape index (κ3) is 3.60. The average Bonchev–Trinajstić information content (AvgIpc) is 3.31. The molecule has 2 heterocycles. The van der Waals surface area contributed by atoms with E-state index >= 15 is 0 Å². The van der Waals surface area contributed by atoms with E-state index in [2.05, 4.69) is 41.9 Å². The molecule has 2 aromatic heterocycles. The first kappa shape index (κ1) is 20.1. The number of amides is 1. The number of carbonyl (C=O) groups excluding carboxylic acids is 1. The fraction of sp³-hybridized carbons (Fsp3) is 0.364. The lowest BCUT2D eigenvalue weighted by Gasteiger charge is -2.50. The number of nitrogens with one attached hydrogen (secondary N) is 2. The number of rotatable bonds is 5. The smallest absolute Gasteiger partial charge is 0.244 e. The minimum absolute atomic E-state index is 0.00381. The quantitative estimate of drug-likeness (QED) is 0.505. The second-order valence-corrected chi connectivity index (χ2v) is 9.26. The van der Waals surface area contributed by atoms with Crippen LogP contribution in [-0.4, -0.2) is 21.0 Å². The zero-order chi connectivity index (χ0) is 21.5. The number of hydrogen-bond donors (Lipinski definition) is 2. The first-order valence-electron chi connectivity index (χ1n) is 10.3. The van der Waals surface area contributed by atoms with Crippen molar-refractivity contribution in [3.05, 3.63) is 58.8 Å². The molecule has 0 saturated heterocycles. The lowest BCUT2D eigenvalue weighted by Crippen LogP contribution is -2.52. The van der Waals surface area contributed by atoms with Crippen LogP contribution in [-0.2, 0) is 10.2 Å². The number of benzene rings is 1. The van der Waals surface area contributed by atoms with Gasteiger partial charge in [0.2, 0.25) is 17.6 Å². The molecule has 1 amide bonds. The van der Waals surface area contributed by atoms with Gasteiger partial charge in [0.25, 0.3) is 0 Å². The largest absolute Gasteiger partial charge is 0.338 e. The number of hydrogen-bond acceptors (Lipinski definition) is 6. The second kappa shape index (κ2) is 7.71. The summed E-state index contributed by atoms with van der Waals surface area (Å²) in [4.78, 5) is 21.9. The van der Waals surface area contributed by atoms with E-state index < -0.39 is 5.41 Å². The predicted octanol–water partition coefficient (Wildman–Crippen LogP) is 4.77. The summed E-state index contributed by atoms with van der Waals surface area (Å²) in [6.45, 7) is 0. The number of nitrogens with zero attached hydrogens (tertiary/aromatic N) is 3. The molecule has 9 heteroatoms. The summed E-state index contributed by atoms with van der Waals surface area (Å²) in [5.41, 5.74) is 5.91. The summed E-state index contributed by atoms with van der Waals surface area (Å²) in [6, 6.07) is 9.73. The SMILES string of the molecule is O=C(NNc1ncccc1Br)C12CCC(c3nc(-c4ccc(F)cc4)no3)(CC1)CC2. The molecule has 2 bridgehead atoms. The Kier molecular flexibility index (Phi) is 5.00. The monoisotopic (exact) mass is 485 g/mol. The van der Waals surface area contributed by atoms with Gasteiger partial charge in [0.15, 0.2) is 5.82 Å². The van der Waals surface area contributed by atoms with E-state index in [1.165, 1.54) is 12.1 Å². The lowest BCUT2D eigenvalue weighted by atomic mass is 9.53. The zero-order valence-electron chi connectivity index (χ0n) is 16.7. The summed E-state index contributed by atoms with van der Waals surface area (Å²) >= 11 is 3.42. The third-order valence-corrected chi connectivity index (χ3v) is 7.40. The van der Waals surface area contributed by atoms with Crippen LogP contribution >= 0.6 is 15.9 Å². The molecular weight excluding hydrogens is 465 g/mol. The van der Waals surface area contributed by atoms with Crippen LogP contribution in [0.3, 0.4) is 0 Å². The van der Waals surface area contributed by atoms with E-state index in [1.807, 2.05) is 12.1 Å². The van der Waals surface area contributed by atoms with Crippen LogP contribution in [0.4, 0.5) is 10.2 Å². The molecule has 2 N–H and O–H groups in total. The molecule has 7 nitrogen and oxygen atoms in total. The van der Waals surface area contributed by atoms with E-state index in [9.17, 15) is 9.18 Å². The Morgan fingerprint density at radius 1 is 1.06 bits per heavy atom. The molecule has 0 spiro atoms. The third-order valence-electron chi connectivity index (χ3n) is 6.76. The Morgan fingerprint density at radius 3 is 2.45 bits per heavy atom. The fourth-order valence-electron chi connectivity index (χ4n) is 4.73. The maximum atomic E-state index is 13.2. The molecule has 0 atom stereocenters. The van der Waals surface area contributed by atoms with Gasteiger partial charge in [-0.1, -0.05) is 5.16 Å². The average molecular weight is 486 g/mol. The van der Waals surface area contributed by atoms with Gasteiger partial charge in [-0.15, -0.1) is 0 Å². The van der Waals surface area contributed by atoms with Crippen molar-refractivity contribution < 1.29 is 13.7 Å². The molecule has 31 heavy (non-hydrogen) atoms. The van der Waals surface area contributed by atoms with Crippen LogP contribution in [0.15, 0.2) is 51.6 Å². The molecule has 1 aromatic carbocycles. The highest BCUT2D eigenvalue weighted by atomic mass is 79.9. The first-order valence-corrected chi connectivity index (χ1v) is 11.1. The zero-order valence-corrected chi connectivity index (χ0v) is 18.3. The van der Waals surface area contributed by atoms with Crippen molar-refractivity contribution in [1.29, 1.82) is 0 Å². The molecule has 0 unspecified atom stereocenters. The van der Waals surface area contributed by atoms with Crippen molar-refractivity contribution in [3.63, 3.8) is 0 Å². The van der Waals surface area contributed by atoms with Crippen molar-refractivity contribution in [2.45, 2.75) is 43.9 Å². The number of pyridine rings is 1. The lowest BCUT2D eigenvalue weighted by molar-refractivity contribution is -0.137. The van der Waals surface area contributed by atoms with Gasteiger partial charge in [-0.3, -0.25) is 15.6 Å². The molecule has 160 valence electrons. The van der Waals surface area contributed by atoms with E-state index in [1.54, 1.807) is 18.3 Å². The van der Waals surface area contributed by atoms with Crippen LogP contribution in [0, 0.1) is 11.2 Å². The Balaban J connectivity index is 1.27. The Labute approximate surface area is 186 Å². The predicted molar refractivity (Wildman–Crippen MR) is 115 cm³/mol. The Morgan fingerprint density at radius 2 is 1.77 bits per heavy atom. The summed E-state index contributed by atoms with van der Waals surface area (Å²) in [5.74, 6) is 1.36.